The monoisotopic (exact) mass is 163 g/mol. The topological polar surface area (TPSA) is 12.9 Å². The van der Waals surface area contributed by atoms with Gasteiger partial charge in [-0.15, -0.1) is 0 Å². The number of nitrogens with zero attached hydrogens (tertiary/aromatic N) is 1. The quantitative estimate of drug-likeness (QED) is 0.590. The smallest absolute Gasteiger partial charge is 0.212 e. The highest BCUT2D eigenvalue weighted by Gasteiger charge is 1.92. The summed E-state index contributed by atoms with van der Waals surface area (Å²) in [5.74, 6) is -0.499. The average Bonchev–Trinajstić information content (AvgIpc) is 1.88. The molecule has 0 aliphatic rings. The van der Waals surface area contributed by atoms with Gasteiger partial charge < -0.3 is 0 Å². The molecule has 0 atom stereocenters. The van der Waals surface area contributed by atoms with Crippen molar-refractivity contribution < 1.29 is 4.39 Å². The maximum Gasteiger partial charge on any atom is 0.213 e. The molecule has 4 heteroatoms. The highest BCUT2D eigenvalue weighted by atomic mass is 35.7. The van der Waals surface area contributed by atoms with Gasteiger partial charge in [-0.1, -0.05) is 6.07 Å². The molecule has 0 aromatic carbocycles. The van der Waals surface area contributed by atoms with Gasteiger partial charge in [0, 0.05) is 11.0 Å². The second-order valence-electron chi connectivity index (χ2n) is 1.38. The maximum absolute atomic E-state index is 12.2. The summed E-state index contributed by atoms with van der Waals surface area (Å²) in [5, 5.41) is 0.483. The molecule has 0 bridgehead atoms. The Morgan fingerprint density at radius 3 is 2.78 bits per heavy atom. The summed E-state index contributed by atoms with van der Waals surface area (Å²) < 4.78 is 12.2. The molecular formula is C5H3ClFNS. The van der Waals surface area contributed by atoms with Crippen molar-refractivity contribution in [3.63, 3.8) is 0 Å². The van der Waals surface area contributed by atoms with Crippen LogP contribution in [0.2, 0.25) is 0 Å². The highest BCUT2D eigenvalue weighted by Crippen LogP contribution is 2.18. The van der Waals surface area contributed by atoms with Crippen molar-refractivity contribution in [2.24, 2.45) is 0 Å². The molecule has 0 aliphatic carbocycles. The molecule has 1 aromatic heterocycles. The number of rotatable bonds is 1. The van der Waals surface area contributed by atoms with Gasteiger partial charge in [-0.3, -0.25) is 0 Å². The van der Waals surface area contributed by atoms with Crippen LogP contribution in [0.4, 0.5) is 4.39 Å². The lowest BCUT2D eigenvalue weighted by Crippen LogP contribution is -1.80. The SMILES string of the molecule is Fc1cccc(SCl)n1. The Morgan fingerprint density at radius 2 is 2.33 bits per heavy atom. The van der Waals surface area contributed by atoms with Gasteiger partial charge in [0.1, 0.15) is 5.03 Å². The zero-order valence-corrected chi connectivity index (χ0v) is 5.92. The molecule has 1 aromatic rings. The van der Waals surface area contributed by atoms with Crippen molar-refractivity contribution in [1.82, 2.24) is 4.98 Å². The van der Waals surface area contributed by atoms with E-state index in [-0.39, 0.29) is 0 Å². The van der Waals surface area contributed by atoms with E-state index in [0.29, 0.717) is 5.03 Å². The van der Waals surface area contributed by atoms with Gasteiger partial charge in [-0.2, -0.15) is 4.39 Å². The van der Waals surface area contributed by atoms with Gasteiger partial charge in [0.2, 0.25) is 5.95 Å². The van der Waals surface area contributed by atoms with E-state index in [1.807, 2.05) is 0 Å². The highest BCUT2D eigenvalue weighted by molar-refractivity contribution is 8.21. The number of hydrogen-bond acceptors (Lipinski definition) is 2. The second kappa shape index (κ2) is 3.03. The van der Waals surface area contributed by atoms with Crippen LogP contribution in [0.25, 0.3) is 0 Å². The Morgan fingerprint density at radius 1 is 1.56 bits per heavy atom. The molecule has 1 rings (SSSR count). The number of pyridine rings is 1. The van der Waals surface area contributed by atoms with Crippen LogP contribution in [0.3, 0.4) is 0 Å². The van der Waals surface area contributed by atoms with Gasteiger partial charge in [0.05, 0.1) is 0 Å². The fourth-order valence-corrected chi connectivity index (χ4v) is 0.942. The van der Waals surface area contributed by atoms with Gasteiger partial charge in [0.15, 0.2) is 0 Å². The van der Waals surface area contributed by atoms with E-state index in [4.69, 9.17) is 10.7 Å². The van der Waals surface area contributed by atoms with Gasteiger partial charge in [-0.25, -0.2) is 4.98 Å². The van der Waals surface area contributed by atoms with Crippen LogP contribution in [0.5, 0.6) is 0 Å². The summed E-state index contributed by atoms with van der Waals surface area (Å²) in [6.45, 7) is 0. The number of halogens is 2. The summed E-state index contributed by atoms with van der Waals surface area (Å²) in [4.78, 5) is 3.46. The van der Waals surface area contributed by atoms with Crippen LogP contribution >= 0.6 is 21.7 Å². The molecular weight excluding hydrogens is 161 g/mol. The molecule has 48 valence electrons. The summed E-state index contributed by atoms with van der Waals surface area (Å²) >= 11 is 0. The predicted octanol–water partition coefficient (Wildman–Crippen LogP) is 2.47. The van der Waals surface area contributed by atoms with E-state index in [2.05, 4.69) is 4.98 Å². The lowest BCUT2D eigenvalue weighted by Gasteiger charge is -1.89. The van der Waals surface area contributed by atoms with Crippen LogP contribution in [0, 0.1) is 5.95 Å². The maximum atomic E-state index is 12.2. The van der Waals surface area contributed by atoms with E-state index >= 15 is 0 Å². The van der Waals surface area contributed by atoms with Crippen LogP contribution in [0.1, 0.15) is 0 Å². The molecule has 0 aliphatic heterocycles. The third-order valence-electron chi connectivity index (χ3n) is 0.769. The first-order chi connectivity index (χ1) is 4.33. The van der Waals surface area contributed by atoms with E-state index < -0.39 is 5.95 Å². The molecule has 0 N–H and O–H groups in total. The minimum absolute atomic E-state index is 0.483. The molecule has 0 unspecified atom stereocenters. The van der Waals surface area contributed by atoms with Crippen LogP contribution in [-0.2, 0) is 0 Å². The Hall–Kier alpha value is -0.280. The third-order valence-corrected chi connectivity index (χ3v) is 1.63. The Balaban J connectivity index is 2.94. The summed E-state index contributed by atoms with van der Waals surface area (Å²) in [6, 6.07) is 4.48. The van der Waals surface area contributed by atoms with E-state index in [1.54, 1.807) is 12.1 Å². The lowest BCUT2D eigenvalue weighted by atomic mass is 10.5. The van der Waals surface area contributed by atoms with Gasteiger partial charge in [0.25, 0.3) is 0 Å². The Kier molecular flexibility index (Phi) is 2.30. The first kappa shape index (κ1) is 6.83. The third kappa shape index (κ3) is 1.84. The Bertz CT molecular complexity index is 206. The first-order valence-electron chi connectivity index (χ1n) is 2.24. The Labute approximate surface area is 60.7 Å². The van der Waals surface area contributed by atoms with Crippen LogP contribution in [0.15, 0.2) is 23.2 Å². The molecule has 1 heterocycles. The fraction of sp³-hybridized carbons (Fsp3) is 0. The van der Waals surface area contributed by atoms with Gasteiger partial charge >= 0.3 is 0 Å². The van der Waals surface area contributed by atoms with E-state index in [1.165, 1.54) is 6.07 Å². The van der Waals surface area contributed by atoms with Crippen molar-refractivity contribution in [1.29, 1.82) is 0 Å². The molecule has 0 radical (unpaired) electrons. The molecule has 0 spiro atoms. The summed E-state index contributed by atoms with van der Waals surface area (Å²) in [5.41, 5.74) is 0. The molecule has 0 saturated heterocycles. The zero-order valence-electron chi connectivity index (χ0n) is 4.34. The molecule has 0 amide bonds. The molecule has 9 heavy (non-hydrogen) atoms. The molecule has 1 nitrogen and oxygen atoms in total. The predicted molar refractivity (Wildman–Crippen MR) is 35.9 cm³/mol. The average molecular weight is 164 g/mol. The van der Waals surface area contributed by atoms with Crippen molar-refractivity contribution in [3.8, 4) is 0 Å². The molecule has 0 saturated carbocycles. The second-order valence-corrected chi connectivity index (χ2v) is 2.41. The van der Waals surface area contributed by atoms with Crippen LogP contribution in [-0.4, -0.2) is 4.98 Å². The fourth-order valence-electron chi connectivity index (χ4n) is 0.433. The number of hydrogen-bond donors (Lipinski definition) is 0. The number of aromatic nitrogens is 1. The van der Waals surface area contributed by atoms with E-state index in [0.717, 1.165) is 11.0 Å². The normalized spacial score (nSPS) is 9.56. The largest absolute Gasteiger partial charge is 0.213 e. The zero-order chi connectivity index (χ0) is 6.69. The van der Waals surface area contributed by atoms with Crippen molar-refractivity contribution in [3.05, 3.63) is 24.1 Å². The standard InChI is InChI=1S/C5H3ClFNS/c6-9-5-3-1-2-4(7)8-5/h1-3H. The minimum Gasteiger partial charge on any atom is -0.212 e. The van der Waals surface area contributed by atoms with Crippen molar-refractivity contribution >= 4 is 21.7 Å². The molecule has 0 fully saturated rings. The summed E-state index contributed by atoms with van der Waals surface area (Å²) in [7, 11) is 6.19. The van der Waals surface area contributed by atoms with Gasteiger partial charge in [-0.05, 0) is 22.8 Å². The lowest BCUT2D eigenvalue weighted by molar-refractivity contribution is 0.572. The summed E-state index contributed by atoms with van der Waals surface area (Å²) in [6.07, 6.45) is 0. The van der Waals surface area contributed by atoms with Crippen molar-refractivity contribution in [2.45, 2.75) is 5.03 Å². The minimum atomic E-state index is -0.499. The van der Waals surface area contributed by atoms with E-state index in [9.17, 15) is 4.39 Å². The first-order valence-corrected chi connectivity index (χ1v) is 3.88. The van der Waals surface area contributed by atoms with Crippen molar-refractivity contribution in [2.75, 3.05) is 0 Å². The van der Waals surface area contributed by atoms with Crippen LogP contribution < -0.4 is 0 Å².